The highest BCUT2D eigenvalue weighted by molar-refractivity contribution is 6.33. The van der Waals surface area contributed by atoms with Crippen molar-refractivity contribution in [3.05, 3.63) is 52.6 Å². The van der Waals surface area contributed by atoms with Crippen molar-refractivity contribution in [2.75, 3.05) is 13.1 Å². The van der Waals surface area contributed by atoms with Crippen LogP contribution in [0, 0.1) is 0 Å². The van der Waals surface area contributed by atoms with Gasteiger partial charge in [-0.15, -0.1) is 0 Å². The first-order chi connectivity index (χ1) is 11.4. The molecule has 1 atom stereocenters. The summed E-state index contributed by atoms with van der Waals surface area (Å²) < 4.78 is 38.6. The number of imidazole rings is 1. The Hall–Kier alpha value is -2.02. The van der Waals surface area contributed by atoms with Gasteiger partial charge in [-0.2, -0.15) is 13.2 Å². The van der Waals surface area contributed by atoms with E-state index in [2.05, 4.69) is 9.97 Å². The Kier molecular flexibility index (Phi) is 4.54. The van der Waals surface area contributed by atoms with Crippen molar-refractivity contribution in [1.82, 2.24) is 14.9 Å². The summed E-state index contributed by atoms with van der Waals surface area (Å²) in [6.45, 7) is 0.890. The van der Waals surface area contributed by atoms with E-state index < -0.39 is 17.6 Å². The van der Waals surface area contributed by atoms with Gasteiger partial charge >= 0.3 is 6.18 Å². The van der Waals surface area contributed by atoms with E-state index in [-0.39, 0.29) is 16.5 Å². The first kappa shape index (κ1) is 16.8. The molecule has 1 fully saturated rings. The van der Waals surface area contributed by atoms with E-state index in [0.717, 1.165) is 36.9 Å². The molecule has 1 amide bonds. The molecule has 1 N–H and O–H groups in total. The summed E-state index contributed by atoms with van der Waals surface area (Å²) >= 11 is 5.96. The Morgan fingerprint density at radius 3 is 2.83 bits per heavy atom. The average molecular weight is 358 g/mol. The van der Waals surface area contributed by atoms with Gasteiger partial charge in [-0.3, -0.25) is 4.79 Å². The maximum Gasteiger partial charge on any atom is 0.416 e. The Labute approximate surface area is 141 Å². The lowest BCUT2D eigenvalue weighted by Gasteiger charge is -2.32. The summed E-state index contributed by atoms with van der Waals surface area (Å²) in [6, 6.07) is 2.81. The molecule has 1 saturated heterocycles. The lowest BCUT2D eigenvalue weighted by molar-refractivity contribution is -0.137. The second-order valence-corrected chi connectivity index (χ2v) is 6.16. The third kappa shape index (κ3) is 3.40. The van der Waals surface area contributed by atoms with Gasteiger partial charge in [-0.1, -0.05) is 11.6 Å². The minimum atomic E-state index is -4.52. The van der Waals surface area contributed by atoms with E-state index in [1.807, 2.05) is 0 Å². The summed E-state index contributed by atoms with van der Waals surface area (Å²) in [7, 11) is 0. The summed E-state index contributed by atoms with van der Waals surface area (Å²) in [4.78, 5) is 21.4. The minimum Gasteiger partial charge on any atom is -0.348 e. The fourth-order valence-electron chi connectivity index (χ4n) is 2.92. The van der Waals surface area contributed by atoms with Crippen LogP contribution in [-0.2, 0) is 6.18 Å². The molecule has 0 radical (unpaired) electrons. The zero-order chi connectivity index (χ0) is 17.3. The molecule has 0 saturated carbocycles. The Balaban J connectivity index is 1.83. The van der Waals surface area contributed by atoms with E-state index >= 15 is 0 Å². The largest absolute Gasteiger partial charge is 0.416 e. The van der Waals surface area contributed by atoms with E-state index in [1.54, 1.807) is 12.4 Å². The van der Waals surface area contributed by atoms with Gasteiger partial charge in [-0.05, 0) is 31.0 Å². The third-order valence-corrected chi connectivity index (χ3v) is 4.47. The second-order valence-electron chi connectivity index (χ2n) is 5.76. The molecule has 8 heteroatoms. The molecule has 0 aliphatic carbocycles. The smallest absolute Gasteiger partial charge is 0.348 e. The number of likely N-dealkylation sites (tertiary alicyclic amines) is 1. The lowest BCUT2D eigenvalue weighted by Crippen LogP contribution is -2.39. The van der Waals surface area contributed by atoms with Crippen LogP contribution in [0.4, 0.5) is 13.2 Å². The van der Waals surface area contributed by atoms with Crippen LogP contribution in [-0.4, -0.2) is 33.9 Å². The molecule has 3 rings (SSSR count). The van der Waals surface area contributed by atoms with Gasteiger partial charge in [0.15, 0.2) is 0 Å². The fourth-order valence-corrected chi connectivity index (χ4v) is 3.12. The number of benzene rings is 1. The molecule has 1 aliphatic heterocycles. The van der Waals surface area contributed by atoms with Crippen LogP contribution in [0.1, 0.15) is 40.5 Å². The predicted octanol–water partition coefficient (Wildman–Crippen LogP) is 4.10. The van der Waals surface area contributed by atoms with Crippen LogP contribution < -0.4 is 0 Å². The van der Waals surface area contributed by atoms with Gasteiger partial charge < -0.3 is 9.88 Å². The number of amides is 1. The van der Waals surface area contributed by atoms with Crippen LogP contribution >= 0.6 is 11.6 Å². The molecule has 0 bridgehead atoms. The number of aromatic nitrogens is 2. The summed E-state index contributed by atoms with van der Waals surface area (Å²) in [5, 5.41) is 0.0214. The molecule has 1 aromatic heterocycles. The number of nitrogens with zero attached hydrogens (tertiary/aromatic N) is 2. The maximum atomic E-state index is 12.9. The van der Waals surface area contributed by atoms with Crippen molar-refractivity contribution in [1.29, 1.82) is 0 Å². The van der Waals surface area contributed by atoms with Gasteiger partial charge in [0.2, 0.25) is 0 Å². The average Bonchev–Trinajstić information content (AvgIpc) is 3.08. The molecule has 1 aromatic carbocycles. The normalized spacial score (nSPS) is 18.7. The summed E-state index contributed by atoms with van der Waals surface area (Å²) in [6.07, 6.45) is 0.457. The molecule has 4 nitrogen and oxygen atoms in total. The molecular weight excluding hydrogens is 343 g/mol. The van der Waals surface area contributed by atoms with Crippen molar-refractivity contribution in [3.8, 4) is 0 Å². The van der Waals surface area contributed by atoms with Crippen molar-refractivity contribution in [3.63, 3.8) is 0 Å². The highest BCUT2D eigenvalue weighted by atomic mass is 35.5. The minimum absolute atomic E-state index is 0.0214. The predicted molar refractivity (Wildman–Crippen MR) is 82.9 cm³/mol. The monoisotopic (exact) mass is 357 g/mol. The third-order valence-electron chi connectivity index (χ3n) is 4.14. The molecule has 0 unspecified atom stereocenters. The van der Waals surface area contributed by atoms with Gasteiger partial charge in [0.1, 0.15) is 5.82 Å². The standard InChI is InChI=1S/C16H15ClF3N3O/c17-13-4-3-11(16(18,19)20)8-12(13)15(24)23-7-1-2-10(9-23)14-21-5-6-22-14/h3-6,8,10H,1-2,7,9H2,(H,21,22)/t10-/m0/s1. The van der Waals surface area contributed by atoms with Gasteiger partial charge in [0.25, 0.3) is 5.91 Å². The topological polar surface area (TPSA) is 49.0 Å². The quantitative estimate of drug-likeness (QED) is 0.879. The number of nitrogens with one attached hydrogen (secondary N) is 1. The summed E-state index contributed by atoms with van der Waals surface area (Å²) in [5.41, 5.74) is -0.999. The van der Waals surface area contributed by atoms with Crippen LogP contribution in [0.3, 0.4) is 0 Å². The number of carbonyl (C=O) groups is 1. The molecule has 128 valence electrons. The number of hydrogen-bond donors (Lipinski definition) is 1. The van der Waals surface area contributed by atoms with Crippen LogP contribution in [0.15, 0.2) is 30.6 Å². The molecule has 2 heterocycles. The molecule has 2 aromatic rings. The first-order valence-corrected chi connectivity index (χ1v) is 7.89. The number of halogens is 4. The van der Waals surface area contributed by atoms with Crippen molar-refractivity contribution in [2.24, 2.45) is 0 Å². The number of hydrogen-bond acceptors (Lipinski definition) is 2. The molecule has 1 aliphatic rings. The van der Waals surface area contributed by atoms with Crippen molar-refractivity contribution in [2.45, 2.75) is 24.9 Å². The molecular formula is C16H15ClF3N3O. The van der Waals surface area contributed by atoms with Gasteiger partial charge in [-0.25, -0.2) is 4.98 Å². The van der Waals surface area contributed by atoms with Crippen LogP contribution in [0.2, 0.25) is 5.02 Å². The Morgan fingerprint density at radius 1 is 1.38 bits per heavy atom. The Bertz CT molecular complexity index is 731. The number of alkyl halides is 3. The van der Waals surface area contributed by atoms with E-state index in [1.165, 1.54) is 4.90 Å². The van der Waals surface area contributed by atoms with Crippen LogP contribution in [0.5, 0.6) is 0 Å². The lowest BCUT2D eigenvalue weighted by atomic mass is 9.96. The van der Waals surface area contributed by atoms with Crippen LogP contribution in [0.25, 0.3) is 0 Å². The number of rotatable bonds is 2. The number of aromatic amines is 1. The fraction of sp³-hybridized carbons (Fsp3) is 0.375. The van der Waals surface area contributed by atoms with Gasteiger partial charge in [0, 0.05) is 31.4 Å². The SMILES string of the molecule is O=C(c1cc(C(F)(F)F)ccc1Cl)N1CCC[C@H](c2ncc[nH]2)C1. The first-order valence-electron chi connectivity index (χ1n) is 7.51. The molecule has 24 heavy (non-hydrogen) atoms. The van der Waals surface area contributed by atoms with Gasteiger partial charge in [0.05, 0.1) is 16.1 Å². The Morgan fingerprint density at radius 2 is 2.17 bits per heavy atom. The van der Waals surface area contributed by atoms with E-state index in [4.69, 9.17) is 11.6 Å². The number of H-pyrrole nitrogens is 1. The van der Waals surface area contributed by atoms with Crippen molar-refractivity contribution < 1.29 is 18.0 Å². The second kappa shape index (κ2) is 6.47. The highest BCUT2D eigenvalue weighted by Crippen LogP contribution is 2.33. The number of piperidine rings is 1. The molecule has 0 spiro atoms. The van der Waals surface area contributed by atoms with E-state index in [0.29, 0.717) is 13.1 Å². The highest BCUT2D eigenvalue weighted by Gasteiger charge is 2.33. The zero-order valence-corrected chi connectivity index (χ0v) is 13.4. The summed E-state index contributed by atoms with van der Waals surface area (Å²) in [5.74, 6) is 0.340. The maximum absolute atomic E-state index is 12.9. The van der Waals surface area contributed by atoms with Crippen molar-refractivity contribution >= 4 is 17.5 Å². The van der Waals surface area contributed by atoms with E-state index in [9.17, 15) is 18.0 Å². The zero-order valence-electron chi connectivity index (χ0n) is 12.6. The number of carbonyl (C=O) groups excluding carboxylic acids is 1.